The van der Waals surface area contributed by atoms with Gasteiger partial charge in [0.15, 0.2) is 8.32 Å². The molecule has 1 rings (SSSR count). The van der Waals surface area contributed by atoms with E-state index in [0.717, 1.165) is 24.3 Å². The average molecular weight is 466 g/mol. The maximum Gasteiger partial charge on any atom is 0.220 e. The second kappa shape index (κ2) is 14.7. The van der Waals surface area contributed by atoms with Crippen LogP contribution in [0.1, 0.15) is 78.2 Å². The number of nitrogens with one attached hydrogen (secondary N) is 1. The molecule has 0 aliphatic carbocycles. The van der Waals surface area contributed by atoms with Gasteiger partial charge in [0, 0.05) is 13.0 Å². The number of benzene rings is 1. The van der Waals surface area contributed by atoms with Gasteiger partial charge in [0.25, 0.3) is 0 Å². The van der Waals surface area contributed by atoms with Gasteiger partial charge >= 0.3 is 0 Å². The second-order valence-electron chi connectivity index (χ2n) is 10.3. The molecule has 0 aliphatic heterocycles. The first-order chi connectivity index (χ1) is 15.1. The van der Waals surface area contributed by atoms with Crippen molar-refractivity contribution in [3.05, 3.63) is 29.8 Å². The fourth-order valence-electron chi connectivity index (χ4n) is 3.17. The molecule has 2 N–H and O–H groups in total. The number of aliphatic hydroxyl groups is 1. The Bertz CT molecular complexity index is 657. The first-order valence-corrected chi connectivity index (χ1v) is 15.3. The predicted molar refractivity (Wildman–Crippen MR) is 136 cm³/mol. The van der Waals surface area contributed by atoms with E-state index in [4.69, 9.17) is 9.16 Å². The fourth-order valence-corrected chi connectivity index (χ4v) is 4.52. The normalized spacial score (nSPS) is 13.1. The predicted octanol–water partition coefficient (Wildman–Crippen LogP) is 5.86. The molecule has 32 heavy (non-hydrogen) atoms. The molecule has 0 heterocycles. The first-order valence-electron chi connectivity index (χ1n) is 12.4. The molecule has 0 saturated carbocycles. The van der Waals surface area contributed by atoms with Crippen LogP contribution in [0.15, 0.2) is 24.3 Å². The summed E-state index contributed by atoms with van der Waals surface area (Å²) in [5, 5.41) is 12.7. The van der Waals surface area contributed by atoms with Crippen molar-refractivity contribution in [2.45, 2.75) is 103 Å². The Morgan fingerprint density at radius 3 is 2.47 bits per heavy atom. The second-order valence-corrected chi connectivity index (χ2v) is 15.0. The minimum absolute atomic E-state index is 0.0271. The van der Waals surface area contributed by atoms with Crippen LogP contribution in [0.5, 0.6) is 5.75 Å². The van der Waals surface area contributed by atoms with Crippen molar-refractivity contribution in [1.29, 1.82) is 0 Å². The highest BCUT2D eigenvalue weighted by Crippen LogP contribution is 2.37. The number of carbonyl (C=O) groups excluding carboxylic acids is 1. The SMILES string of the molecule is CCCCCCCCOc1cccc(CCC(=O)NCC(CO)O[Si](C)(C)C(C)(C)C)c1. The van der Waals surface area contributed by atoms with Crippen molar-refractivity contribution < 1.29 is 19.1 Å². The van der Waals surface area contributed by atoms with Gasteiger partial charge in [-0.05, 0) is 48.7 Å². The van der Waals surface area contributed by atoms with E-state index in [2.05, 4.69) is 46.1 Å². The van der Waals surface area contributed by atoms with Crippen LogP contribution in [0.25, 0.3) is 0 Å². The highest BCUT2D eigenvalue weighted by atomic mass is 28.4. The highest BCUT2D eigenvalue weighted by Gasteiger charge is 2.39. The molecule has 1 unspecified atom stereocenters. The third-order valence-electron chi connectivity index (χ3n) is 6.30. The lowest BCUT2D eigenvalue weighted by Crippen LogP contribution is -2.48. The van der Waals surface area contributed by atoms with Crippen LogP contribution in [-0.4, -0.2) is 45.2 Å². The number of ether oxygens (including phenoxy) is 1. The molecule has 184 valence electrons. The molecular formula is C26H47NO4Si. The number of hydrogen-bond acceptors (Lipinski definition) is 4. The maximum absolute atomic E-state index is 12.3. The summed E-state index contributed by atoms with van der Waals surface area (Å²) in [5.74, 6) is 0.847. The van der Waals surface area contributed by atoms with E-state index in [-0.39, 0.29) is 23.7 Å². The zero-order valence-electron chi connectivity index (χ0n) is 21.3. The minimum Gasteiger partial charge on any atom is -0.494 e. The number of carbonyl (C=O) groups is 1. The summed E-state index contributed by atoms with van der Waals surface area (Å²) in [6.45, 7) is 14.0. The molecule has 0 aliphatic rings. The van der Waals surface area contributed by atoms with E-state index in [1.165, 1.54) is 32.1 Å². The average Bonchev–Trinajstić information content (AvgIpc) is 2.74. The Hall–Kier alpha value is -1.37. The van der Waals surface area contributed by atoms with Gasteiger partial charge in [-0.2, -0.15) is 0 Å². The van der Waals surface area contributed by atoms with Crippen LogP contribution in [0.3, 0.4) is 0 Å². The van der Waals surface area contributed by atoms with E-state index in [0.29, 0.717) is 19.4 Å². The van der Waals surface area contributed by atoms with Crippen LogP contribution in [-0.2, 0) is 15.6 Å². The van der Waals surface area contributed by atoms with E-state index in [1.807, 2.05) is 24.3 Å². The molecule has 1 atom stereocenters. The Balaban J connectivity index is 2.35. The van der Waals surface area contributed by atoms with Gasteiger partial charge in [0.05, 0.1) is 19.3 Å². The molecule has 0 bridgehead atoms. The van der Waals surface area contributed by atoms with E-state index < -0.39 is 8.32 Å². The molecule has 0 spiro atoms. The van der Waals surface area contributed by atoms with Crippen LogP contribution < -0.4 is 10.1 Å². The summed E-state index contributed by atoms with van der Waals surface area (Å²) in [6, 6.07) is 8.02. The fraction of sp³-hybridized carbons (Fsp3) is 0.731. The zero-order chi connectivity index (χ0) is 24.0. The van der Waals surface area contributed by atoms with Gasteiger partial charge in [0.2, 0.25) is 5.91 Å². The Morgan fingerprint density at radius 1 is 1.12 bits per heavy atom. The number of aliphatic hydroxyl groups excluding tert-OH is 1. The lowest BCUT2D eigenvalue weighted by molar-refractivity contribution is -0.121. The zero-order valence-corrected chi connectivity index (χ0v) is 22.3. The molecule has 0 radical (unpaired) electrons. The molecule has 0 aromatic heterocycles. The molecule has 1 amide bonds. The lowest BCUT2D eigenvalue weighted by atomic mass is 10.1. The van der Waals surface area contributed by atoms with Crippen molar-refractivity contribution in [1.82, 2.24) is 5.32 Å². The largest absolute Gasteiger partial charge is 0.494 e. The van der Waals surface area contributed by atoms with Crippen LogP contribution in [0, 0.1) is 0 Å². The van der Waals surface area contributed by atoms with Crippen LogP contribution in [0.4, 0.5) is 0 Å². The number of aryl methyl sites for hydroxylation is 1. The number of amides is 1. The highest BCUT2D eigenvalue weighted by molar-refractivity contribution is 6.74. The van der Waals surface area contributed by atoms with Crippen molar-refractivity contribution in [3.8, 4) is 5.75 Å². The van der Waals surface area contributed by atoms with Gasteiger partial charge in [0.1, 0.15) is 5.75 Å². The molecule has 1 aromatic carbocycles. The minimum atomic E-state index is -1.99. The van der Waals surface area contributed by atoms with Gasteiger partial charge in [-0.3, -0.25) is 4.79 Å². The van der Waals surface area contributed by atoms with Crippen LogP contribution >= 0.6 is 0 Å². The van der Waals surface area contributed by atoms with E-state index in [1.54, 1.807) is 0 Å². The number of unbranched alkanes of at least 4 members (excludes halogenated alkanes) is 5. The molecule has 0 fully saturated rings. The molecule has 6 heteroatoms. The van der Waals surface area contributed by atoms with Crippen molar-refractivity contribution in [3.63, 3.8) is 0 Å². The third kappa shape index (κ3) is 11.5. The lowest BCUT2D eigenvalue weighted by Gasteiger charge is -2.38. The summed E-state index contributed by atoms with van der Waals surface area (Å²) in [6.07, 6.45) is 8.19. The summed E-state index contributed by atoms with van der Waals surface area (Å²) in [7, 11) is -1.99. The van der Waals surface area contributed by atoms with Gasteiger partial charge in [-0.1, -0.05) is 71.9 Å². The summed E-state index contributed by atoms with van der Waals surface area (Å²) >= 11 is 0. The van der Waals surface area contributed by atoms with Gasteiger partial charge in [-0.25, -0.2) is 0 Å². The van der Waals surface area contributed by atoms with Crippen LogP contribution in [0.2, 0.25) is 18.1 Å². The summed E-state index contributed by atoms with van der Waals surface area (Å²) in [5.41, 5.74) is 1.09. The molecule has 1 aromatic rings. The standard InChI is InChI=1S/C26H47NO4Si/c1-7-8-9-10-11-12-18-30-23-15-13-14-22(19-23)16-17-25(29)27-20-24(21-28)31-32(5,6)26(2,3)4/h13-15,19,24,28H,7-12,16-18,20-21H2,1-6H3,(H,27,29). The Kier molecular flexibility index (Phi) is 13.2. The van der Waals surface area contributed by atoms with E-state index in [9.17, 15) is 9.90 Å². The monoisotopic (exact) mass is 465 g/mol. The number of hydrogen-bond donors (Lipinski definition) is 2. The Labute approximate surface area is 197 Å². The smallest absolute Gasteiger partial charge is 0.220 e. The summed E-state index contributed by atoms with van der Waals surface area (Å²) < 4.78 is 12.1. The van der Waals surface area contributed by atoms with Crippen molar-refractivity contribution >= 4 is 14.2 Å². The van der Waals surface area contributed by atoms with Gasteiger partial charge in [-0.15, -0.1) is 0 Å². The molecule has 0 saturated heterocycles. The number of rotatable bonds is 16. The van der Waals surface area contributed by atoms with Gasteiger partial charge < -0.3 is 19.6 Å². The first kappa shape index (κ1) is 28.7. The van der Waals surface area contributed by atoms with Crippen molar-refractivity contribution in [2.75, 3.05) is 19.8 Å². The molecular weight excluding hydrogens is 418 g/mol. The van der Waals surface area contributed by atoms with E-state index >= 15 is 0 Å². The maximum atomic E-state index is 12.3. The third-order valence-corrected chi connectivity index (χ3v) is 10.8. The molecule has 5 nitrogen and oxygen atoms in total. The Morgan fingerprint density at radius 2 is 1.81 bits per heavy atom. The topological polar surface area (TPSA) is 67.8 Å². The quantitative estimate of drug-likeness (QED) is 0.237. The summed E-state index contributed by atoms with van der Waals surface area (Å²) in [4.78, 5) is 12.3. The van der Waals surface area contributed by atoms with Crippen molar-refractivity contribution in [2.24, 2.45) is 0 Å².